The van der Waals surface area contributed by atoms with E-state index in [9.17, 15) is 9.59 Å². The molecule has 0 bridgehead atoms. The molecule has 2 aromatic heterocycles. The van der Waals surface area contributed by atoms with Crippen LogP contribution in [0.4, 0.5) is 10.5 Å². The smallest absolute Gasteiger partial charge is 0.449 e. The third-order valence-electron chi connectivity index (χ3n) is 3.82. The van der Waals surface area contributed by atoms with E-state index in [-0.39, 0.29) is 11.7 Å². The molecule has 0 aliphatic heterocycles. The van der Waals surface area contributed by atoms with Gasteiger partial charge in [-0.1, -0.05) is 29.8 Å². The summed E-state index contributed by atoms with van der Waals surface area (Å²) < 4.78 is 5.87. The highest BCUT2D eigenvalue weighted by Crippen LogP contribution is 2.28. The molecule has 0 aliphatic rings. The van der Waals surface area contributed by atoms with E-state index in [1.54, 1.807) is 36.4 Å². The number of hydrogen-bond acceptors (Lipinski definition) is 5. The number of carbonyl (C=O) groups is 2. The zero-order chi connectivity index (χ0) is 19.7. The highest BCUT2D eigenvalue weighted by atomic mass is 35.5. The molecule has 2 aromatic carbocycles. The molecule has 140 valence electrons. The summed E-state index contributed by atoms with van der Waals surface area (Å²) in [4.78, 5) is 30.3. The molecule has 28 heavy (non-hydrogen) atoms. The lowest BCUT2D eigenvalue weighted by atomic mass is 10.2. The number of aromatic nitrogens is 4. The fraction of sp³-hybridized carbons (Fsp3) is 0. The Morgan fingerprint density at radius 2 is 2.00 bits per heavy atom. The van der Waals surface area contributed by atoms with E-state index in [0.717, 1.165) is 0 Å². The number of imidazole rings is 1. The van der Waals surface area contributed by atoms with Crippen LogP contribution in [-0.4, -0.2) is 36.9 Å². The lowest BCUT2D eigenvalue weighted by Gasteiger charge is -2.07. The van der Waals surface area contributed by atoms with Gasteiger partial charge in [0.25, 0.3) is 5.91 Å². The number of carboxylic acid groups (broad SMARTS) is 1. The van der Waals surface area contributed by atoms with Crippen molar-refractivity contribution >= 4 is 40.4 Å². The highest BCUT2D eigenvalue weighted by Gasteiger charge is 2.13. The van der Waals surface area contributed by atoms with Crippen molar-refractivity contribution in [1.29, 1.82) is 0 Å². The van der Waals surface area contributed by atoms with Crippen molar-refractivity contribution in [2.24, 2.45) is 0 Å². The van der Waals surface area contributed by atoms with Crippen molar-refractivity contribution in [3.8, 4) is 11.7 Å². The molecule has 2 heterocycles. The third-order valence-corrected chi connectivity index (χ3v) is 4.14. The number of H-pyrrole nitrogens is 1. The fourth-order valence-electron chi connectivity index (χ4n) is 2.58. The number of nitrogens with zero attached hydrogens (tertiary/aromatic N) is 3. The average molecular weight is 398 g/mol. The minimum Gasteiger partial charge on any atom is -0.449 e. The second-order valence-electron chi connectivity index (χ2n) is 5.72. The normalized spacial score (nSPS) is 10.8. The van der Waals surface area contributed by atoms with Gasteiger partial charge in [-0.2, -0.15) is 5.10 Å². The summed E-state index contributed by atoms with van der Waals surface area (Å²) in [5.41, 5.74) is 2.08. The fourth-order valence-corrected chi connectivity index (χ4v) is 2.79. The van der Waals surface area contributed by atoms with E-state index in [2.05, 4.69) is 25.1 Å². The van der Waals surface area contributed by atoms with Crippen LogP contribution in [0.2, 0.25) is 5.02 Å². The van der Waals surface area contributed by atoms with Gasteiger partial charge in [-0.25, -0.2) is 14.5 Å². The first-order valence-corrected chi connectivity index (χ1v) is 8.39. The second kappa shape index (κ2) is 7.05. The van der Waals surface area contributed by atoms with Crippen LogP contribution in [0.5, 0.6) is 5.75 Å². The van der Waals surface area contributed by atoms with Gasteiger partial charge in [-0.05, 0) is 24.3 Å². The molecule has 0 radical (unpaired) electrons. The number of rotatable bonds is 4. The van der Waals surface area contributed by atoms with Crippen molar-refractivity contribution in [3.63, 3.8) is 0 Å². The number of nitrogens with one attached hydrogen (secondary N) is 2. The Labute approximate surface area is 162 Å². The maximum absolute atomic E-state index is 12.3. The number of amides is 1. The zero-order valence-electron chi connectivity index (χ0n) is 14.1. The van der Waals surface area contributed by atoms with E-state index in [0.29, 0.717) is 33.3 Å². The molecule has 10 heteroatoms. The summed E-state index contributed by atoms with van der Waals surface area (Å²) in [6, 6.07) is 12.0. The third kappa shape index (κ3) is 3.51. The van der Waals surface area contributed by atoms with Gasteiger partial charge in [-0.15, -0.1) is 0 Å². The van der Waals surface area contributed by atoms with Crippen molar-refractivity contribution in [3.05, 3.63) is 65.4 Å². The van der Waals surface area contributed by atoms with Gasteiger partial charge < -0.3 is 20.1 Å². The summed E-state index contributed by atoms with van der Waals surface area (Å²) in [7, 11) is 0. The Morgan fingerprint density at radius 3 is 2.75 bits per heavy atom. The lowest BCUT2D eigenvalue weighted by molar-refractivity contribution is 0.102. The van der Waals surface area contributed by atoms with E-state index < -0.39 is 6.16 Å². The van der Waals surface area contributed by atoms with E-state index in [1.807, 2.05) is 6.07 Å². The van der Waals surface area contributed by atoms with E-state index >= 15 is 0 Å². The number of halogens is 1. The van der Waals surface area contributed by atoms with Crippen LogP contribution in [-0.2, 0) is 0 Å². The first-order chi connectivity index (χ1) is 13.5. The summed E-state index contributed by atoms with van der Waals surface area (Å²) >= 11 is 6.28. The predicted molar refractivity (Wildman–Crippen MR) is 101 cm³/mol. The lowest BCUT2D eigenvalue weighted by Crippen LogP contribution is -2.11. The molecule has 4 aromatic rings. The van der Waals surface area contributed by atoms with E-state index in [1.165, 1.54) is 17.1 Å². The monoisotopic (exact) mass is 397 g/mol. The molecule has 3 N–H and O–H groups in total. The molecule has 0 saturated carbocycles. The summed E-state index contributed by atoms with van der Waals surface area (Å²) in [5.74, 6) is 0.0970. The maximum atomic E-state index is 12.3. The number of carbonyl (C=O) groups excluding carboxylic acids is 1. The van der Waals surface area contributed by atoms with Crippen LogP contribution in [0.1, 0.15) is 10.4 Å². The van der Waals surface area contributed by atoms with Gasteiger partial charge in [0.15, 0.2) is 5.75 Å². The SMILES string of the molecule is O=C(O)Oc1cnn(-c2nc3cc(NC(=O)c4ccccc4)c(Cl)cc3[nH]2)c1. The number of benzene rings is 2. The minimum absolute atomic E-state index is 0.0572. The number of hydrogen-bond donors (Lipinski definition) is 3. The predicted octanol–water partition coefficient (Wildman–Crippen LogP) is 3.71. The number of ether oxygens (including phenoxy) is 1. The minimum atomic E-state index is -1.44. The largest absolute Gasteiger partial charge is 0.511 e. The Hall–Kier alpha value is -3.85. The molecule has 0 atom stereocenters. The highest BCUT2D eigenvalue weighted by molar-refractivity contribution is 6.34. The molecular formula is C18H12ClN5O4. The average Bonchev–Trinajstić information content (AvgIpc) is 3.28. The van der Waals surface area contributed by atoms with Gasteiger partial charge in [0.05, 0.1) is 34.1 Å². The Balaban J connectivity index is 1.63. The van der Waals surface area contributed by atoms with Crippen LogP contribution < -0.4 is 10.1 Å². The molecule has 0 fully saturated rings. The van der Waals surface area contributed by atoms with Crippen molar-refractivity contribution in [2.75, 3.05) is 5.32 Å². The molecule has 0 spiro atoms. The van der Waals surface area contributed by atoms with Gasteiger partial charge in [-0.3, -0.25) is 4.79 Å². The molecule has 4 rings (SSSR count). The van der Waals surface area contributed by atoms with Crippen molar-refractivity contribution in [2.45, 2.75) is 0 Å². The molecule has 0 unspecified atom stereocenters. The Bertz CT molecular complexity index is 1190. The van der Waals surface area contributed by atoms with Gasteiger partial charge in [0, 0.05) is 5.56 Å². The molecule has 1 amide bonds. The first-order valence-electron chi connectivity index (χ1n) is 8.01. The van der Waals surface area contributed by atoms with Gasteiger partial charge in [0.2, 0.25) is 5.95 Å². The molecular weight excluding hydrogens is 386 g/mol. The standard InChI is InChI=1S/C18H12ClN5O4/c19-12-6-14-15(7-13(12)21-16(25)10-4-2-1-3-5-10)23-17(22-14)24-9-11(8-20-24)28-18(26)27/h1-9H,(H,21,25)(H,22,23)(H,26,27). The van der Waals surface area contributed by atoms with Crippen LogP contribution in [0.15, 0.2) is 54.9 Å². The number of fused-ring (bicyclic) bond motifs is 1. The molecule has 0 aliphatic carbocycles. The maximum Gasteiger partial charge on any atom is 0.511 e. The number of anilines is 1. The quantitative estimate of drug-likeness (QED) is 0.451. The second-order valence-corrected chi connectivity index (χ2v) is 6.13. The van der Waals surface area contributed by atoms with Gasteiger partial charge >= 0.3 is 6.16 Å². The van der Waals surface area contributed by atoms with Crippen molar-refractivity contribution < 1.29 is 19.4 Å². The number of aromatic amines is 1. The van der Waals surface area contributed by atoms with Crippen LogP contribution in [0.25, 0.3) is 17.0 Å². The summed E-state index contributed by atoms with van der Waals surface area (Å²) in [5, 5.41) is 15.7. The van der Waals surface area contributed by atoms with Crippen LogP contribution in [0, 0.1) is 0 Å². The van der Waals surface area contributed by atoms with Crippen LogP contribution in [0.3, 0.4) is 0 Å². The molecule has 9 nitrogen and oxygen atoms in total. The van der Waals surface area contributed by atoms with Crippen LogP contribution >= 0.6 is 11.6 Å². The van der Waals surface area contributed by atoms with Gasteiger partial charge in [0.1, 0.15) is 0 Å². The topological polar surface area (TPSA) is 122 Å². The zero-order valence-corrected chi connectivity index (χ0v) is 14.8. The molecule has 0 saturated heterocycles. The summed E-state index contributed by atoms with van der Waals surface area (Å²) in [6.45, 7) is 0. The summed E-state index contributed by atoms with van der Waals surface area (Å²) in [6.07, 6.45) is 1.18. The Kier molecular flexibility index (Phi) is 4.42. The van der Waals surface area contributed by atoms with Crippen molar-refractivity contribution in [1.82, 2.24) is 19.7 Å². The van der Waals surface area contributed by atoms with E-state index in [4.69, 9.17) is 16.7 Å². The Morgan fingerprint density at radius 1 is 1.21 bits per heavy atom. The first kappa shape index (κ1) is 17.6.